The quantitative estimate of drug-likeness (QED) is 0.628. The summed E-state index contributed by atoms with van der Waals surface area (Å²) < 4.78 is 25.6. The van der Waals surface area contributed by atoms with Crippen molar-refractivity contribution < 1.29 is 13.1 Å². The molecule has 0 radical (unpaired) electrons. The van der Waals surface area contributed by atoms with E-state index in [-0.39, 0.29) is 10.8 Å². The van der Waals surface area contributed by atoms with Crippen molar-refractivity contribution in [1.82, 2.24) is 0 Å². The minimum atomic E-state index is -3.67. The Bertz CT molecular complexity index is 757. The summed E-state index contributed by atoms with van der Waals surface area (Å²) in [5, 5.41) is 11.5. The lowest BCUT2D eigenvalue weighted by atomic mass is 10.1. The molecule has 20 heavy (non-hydrogen) atoms. The molecule has 0 bridgehead atoms. The fourth-order valence-corrected chi connectivity index (χ4v) is 3.71. The predicted molar refractivity (Wildman–Crippen MR) is 79.9 cm³/mol. The second kappa shape index (κ2) is 5.54. The molecule has 0 N–H and O–H groups in total. The summed E-state index contributed by atoms with van der Waals surface area (Å²) in [6.45, 7) is 3.76. The standard InChI is InChI=1S/C14H14BrNO3S/c1-10-3-4-11(2)12(7-10)9-20(18,19)14-6-5-13(15)8-16(14)17/h3-8H,9H2,1-2H3. The highest BCUT2D eigenvalue weighted by Crippen LogP contribution is 2.19. The van der Waals surface area contributed by atoms with Crippen LogP contribution in [0, 0.1) is 19.1 Å². The van der Waals surface area contributed by atoms with Gasteiger partial charge in [0.1, 0.15) is 0 Å². The molecule has 0 aliphatic heterocycles. The number of pyridine rings is 1. The molecule has 1 heterocycles. The van der Waals surface area contributed by atoms with Crippen LogP contribution in [0.3, 0.4) is 0 Å². The van der Waals surface area contributed by atoms with E-state index in [1.54, 1.807) is 6.07 Å². The molecule has 0 saturated carbocycles. The summed E-state index contributed by atoms with van der Waals surface area (Å²) in [5.74, 6) is -0.176. The lowest BCUT2D eigenvalue weighted by molar-refractivity contribution is -0.647. The third-order valence-electron chi connectivity index (χ3n) is 3.01. The molecule has 0 unspecified atom stereocenters. The van der Waals surface area contributed by atoms with Crippen molar-refractivity contribution in [3.05, 3.63) is 62.9 Å². The normalized spacial score (nSPS) is 11.6. The number of sulfone groups is 1. The fraction of sp³-hybridized carbons (Fsp3) is 0.214. The van der Waals surface area contributed by atoms with Crippen LogP contribution in [0.15, 0.2) is 46.0 Å². The van der Waals surface area contributed by atoms with Crippen molar-refractivity contribution in [2.75, 3.05) is 0 Å². The van der Waals surface area contributed by atoms with E-state index in [1.807, 2.05) is 32.0 Å². The van der Waals surface area contributed by atoms with Crippen LogP contribution < -0.4 is 4.73 Å². The molecule has 0 amide bonds. The van der Waals surface area contributed by atoms with Crippen LogP contribution in [-0.2, 0) is 15.6 Å². The molecule has 0 spiro atoms. The molecule has 0 saturated heterocycles. The first-order chi connectivity index (χ1) is 9.29. The van der Waals surface area contributed by atoms with E-state index < -0.39 is 9.84 Å². The van der Waals surface area contributed by atoms with Gasteiger partial charge in [0.2, 0.25) is 9.84 Å². The minimum Gasteiger partial charge on any atom is -0.618 e. The third kappa shape index (κ3) is 3.19. The van der Waals surface area contributed by atoms with Crippen LogP contribution >= 0.6 is 15.9 Å². The number of halogens is 1. The Morgan fingerprint density at radius 3 is 2.55 bits per heavy atom. The molecule has 0 fully saturated rings. The lowest BCUT2D eigenvalue weighted by Gasteiger charge is -2.09. The molecule has 0 aliphatic carbocycles. The smallest absolute Gasteiger partial charge is 0.309 e. The first-order valence-corrected chi connectivity index (χ1v) is 8.42. The maximum atomic E-state index is 12.4. The van der Waals surface area contributed by atoms with E-state index in [1.165, 1.54) is 12.3 Å². The Morgan fingerprint density at radius 1 is 1.20 bits per heavy atom. The predicted octanol–water partition coefficient (Wildman–Crippen LogP) is 2.67. The largest absolute Gasteiger partial charge is 0.618 e. The van der Waals surface area contributed by atoms with Gasteiger partial charge in [-0.15, -0.1) is 0 Å². The lowest BCUT2D eigenvalue weighted by Crippen LogP contribution is -2.34. The Labute approximate surface area is 126 Å². The summed E-state index contributed by atoms with van der Waals surface area (Å²) in [6, 6.07) is 8.51. The van der Waals surface area contributed by atoms with Crippen LogP contribution in [0.4, 0.5) is 0 Å². The van der Waals surface area contributed by atoms with Crippen molar-refractivity contribution in [3.63, 3.8) is 0 Å². The van der Waals surface area contributed by atoms with E-state index >= 15 is 0 Å². The van der Waals surface area contributed by atoms with Gasteiger partial charge in [-0.2, -0.15) is 4.73 Å². The van der Waals surface area contributed by atoms with Gasteiger partial charge in [0.05, 0.1) is 10.2 Å². The third-order valence-corrected chi connectivity index (χ3v) is 5.13. The number of nitrogens with zero attached hydrogens (tertiary/aromatic N) is 1. The second-order valence-corrected chi connectivity index (χ2v) is 7.55. The van der Waals surface area contributed by atoms with E-state index in [0.29, 0.717) is 14.8 Å². The molecule has 1 aromatic heterocycles. The van der Waals surface area contributed by atoms with E-state index in [9.17, 15) is 13.6 Å². The number of aryl methyl sites for hydroxylation is 2. The molecule has 4 nitrogen and oxygen atoms in total. The van der Waals surface area contributed by atoms with E-state index in [4.69, 9.17) is 0 Å². The van der Waals surface area contributed by atoms with Gasteiger partial charge in [0.15, 0.2) is 6.20 Å². The van der Waals surface area contributed by atoms with Crippen molar-refractivity contribution in [1.29, 1.82) is 0 Å². The summed E-state index contributed by atoms with van der Waals surface area (Å²) in [7, 11) is -3.67. The number of hydrogen-bond acceptors (Lipinski definition) is 3. The molecular weight excluding hydrogens is 342 g/mol. The summed E-state index contributed by atoms with van der Waals surface area (Å²) in [5.41, 5.74) is 2.60. The Morgan fingerprint density at radius 2 is 1.90 bits per heavy atom. The highest BCUT2D eigenvalue weighted by molar-refractivity contribution is 9.10. The van der Waals surface area contributed by atoms with E-state index in [2.05, 4.69) is 15.9 Å². The van der Waals surface area contributed by atoms with Crippen LogP contribution in [0.2, 0.25) is 0 Å². The summed E-state index contributed by atoms with van der Waals surface area (Å²) in [4.78, 5) is 0. The monoisotopic (exact) mass is 355 g/mol. The highest BCUT2D eigenvalue weighted by Gasteiger charge is 2.25. The Hall–Kier alpha value is -1.40. The zero-order valence-corrected chi connectivity index (χ0v) is 13.5. The molecular formula is C14H14BrNO3S. The summed E-state index contributed by atoms with van der Waals surface area (Å²) >= 11 is 3.14. The maximum Gasteiger partial charge on any atom is 0.309 e. The Balaban J connectivity index is 2.43. The van der Waals surface area contributed by atoms with Gasteiger partial charge in [-0.05, 0) is 47.0 Å². The summed E-state index contributed by atoms with van der Waals surface area (Å²) in [6.07, 6.45) is 1.19. The number of benzene rings is 1. The molecule has 2 rings (SSSR count). The van der Waals surface area contributed by atoms with Gasteiger partial charge in [-0.3, -0.25) is 0 Å². The van der Waals surface area contributed by atoms with E-state index in [0.717, 1.165) is 11.1 Å². The van der Waals surface area contributed by atoms with Crippen molar-refractivity contribution >= 4 is 25.8 Å². The van der Waals surface area contributed by atoms with Crippen LogP contribution in [0.5, 0.6) is 0 Å². The SMILES string of the molecule is Cc1ccc(C)c(CS(=O)(=O)c2ccc(Br)c[n+]2[O-])c1. The van der Waals surface area contributed by atoms with Gasteiger partial charge in [-0.25, -0.2) is 8.42 Å². The number of rotatable bonds is 3. The van der Waals surface area contributed by atoms with Crippen molar-refractivity contribution in [3.8, 4) is 0 Å². The van der Waals surface area contributed by atoms with Crippen LogP contribution in [-0.4, -0.2) is 8.42 Å². The first-order valence-electron chi connectivity index (χ1n) is 5.97. The first kappa shape index (κ1) is 15.0. The molecule has 0 aliphatic rings. The van der Waals surface area contributed by atoms with Crippen molar-refractivity contribution in [2.24, 2.45) is 0 Å². The molecule has 106 valence electrons. The van der Waals surface area contributed by atoms with Crippen molar-refractivity contribution in [2.45, 2.75) is 24.6 Å². The Kier molecular flexibility index (Phi) is 4.15. The minimum absolute atomic E-state index is 0.176. The highest BCUT2D eigenvalue weighted by atomic mass is 79.9. The van der Waals surface area contributed by atoms with Gasteiger partial charge < -0.3 is 5.21 Å². The van der Waals surface area contributed by atoms with Gasteiger partial charge >= 0.3 is 5.03 Å². The van der Waals surface area contributed by atoms with Gasteiger partial charge in [0.25, 0.3) is 0 Å². The second-order valence-electron chi connectivity index (χ2n) is 4.70. The number of aromatic nitrogens is 1. The van der Waals surface area contributed by atoms with Gasteiger partial charge in [0, 0.05) is 6.07 Å². The zero-order valence-electron chi connectivity index (χ0n) is 11.1. The fourth-order valence-electron chi connectivity index (χ4n) is 1.92. The maximum absolute atomic E-state index is 12.4. The van der Waals surface area contributed by atoms with Gasteiger partial charge in [-0.1, -0.05) is 23.8 Å². The number of hydrogen-bond donors (Lipinski definition) is 0. The molecule has 2 aromatic rings. The average Bonchev–Trinajstić information content (AvgIpc) is 2.33. The molecule has 0 atom stereocenters. The average molecular weight is 356 g/mol. The molecule has 1 aromatic carbocycles. The van der Waals surface area contributed by atoms with Crippen LogP contribution in [0.25, 0.3) is 0 Å². The topological polar surface area (TPSA) is 61.1 Å². The zero-order chi connectivity index (χ0) is 14.9. The molecule has 6 heteroatoms. The van der Waals surface area contributed by atoms with Crippen LogP contribution in [0.1, 0.15) is 16.7 Å².